The van der Waals surface area contributed by atoms with Gasteiger partial charge in [0.1, 0.15) is 6.61 Å². The first-order valence-electron chi connectivity index (χ1n) is 7.38. The van der Waals surface area contributed by atoms with Gasteiger partial charge in [-0.05, 0) is 30.7 Å². The molecule has 0 amide bonds. The van der Waals surface area contributed by atoms with E-state index in [1.165, 1.54) is 0 Å². The lowest BCUT2D eigenvalue weighted by atomic mass is 10.2. The zero-order valence-corrected chi connectivity index (χ0v) is 13.5. The number of methoxy groups -OCH3 is 1. The molecule has 1 aromatic heterocycles. The van der Waals surface area contributed by atoms with Gasteiger partial charge in [0.2, 0.25) is 5.88 Å². The van der Waals surface area contributed by atoms with Gasteiger partial charge in [0.15, 0.2) is 5.96 Å². The quantitative estimate of drug-likeness (QED) is 0.466. The number of benzene rings is 1. The third-order valence-corrected chi connectivity index (χ3v) is 3.09. The van der Waals surface area contributed by atoms with E-state index in [0.717, 1.165) is 16.8 Å². The molecule has 6 nitrogen and oxygen atoms in total. The average molecular weight is 314 g/mol. The Morgan fingerprint density at radius 2 is 2.13 bits per heavy atom. The second kappa shape index (κ2) is 8.75. The van der Waals surface area contributed by atoms with Gasteiger partial charge in [0.25, 0.3) is 0 Å². The van der Waals surface area contributed by atoms with Gasteiger partial charge in [-0.1, -0.05) is 18.2 Å². The number of rotatable bonds is 7. The molecule has 0 atom stereocenters. The lowest BCUT2D eigenvalue weighted by Gasteiger charge is -2.09. The Kier molecular flexibility index (Phi) is 6.38. The van der Waals surface area contributed by atoms with E-state index in [9.17, 15) is 0 Å². The van der Waals surface area contributed by atoms with Crippen LogP contribution in [0.2, 0.25) is 0 Å². The maximum atomic E-state index is 5.93. The van der Waals surface area contributed by atoms with E-state index in [2.05, 4.69) is 15.3 Å². The minimum absolute atomic E-state index is 0.349. The van der Waals surface area contributed by atoms with E-state index in [4.69, 9.17) is 15.2 Å². The van der Waals surface area contributed by atoms with Gasteiger partial charge in [-0.3, -0.25) is 0 Å². The molecule has 23 heavy (non-hydrogen) atoms. The molecule has 0 aliphatic heterocycles. The lowest BCUT2D eigenvalue weighted by Crippen LogP contribution is -2.22. The molecule has 6 heteroatoms. The molecule has 0 spiro atoms. The Morgan fingerprint density at radius 1 is 1.26 bits per heavy atom. The van der Waals surface area contributed by atoms with Crippen LogP contribution in [-0.2, 0) is 11.3 Å². The summed E-state index contributed by atoms with van der Waals surface area (Å²) >= 11 is 0. The number of aryl methyl sites for hydroxylation is 1. The largest absolute Gasteiger partial charge is 0.475 e. The summed E-state index contributed by atoms with van der Waals surface area (Å²) in [6.07, 6.45) is 1.68. The monoisotopic (exact) mass is 314 g/mol. The number of pyridine rings is 1. The minimum atomic E-state index is 0.349. The van der Waals surface area contributed by atoms with Crippen molar-refractivity contribution in [3.63, 3.8) is 0 Å². The summed E-state index contributed by atoms with van der Waals surface area (Å²) in [6, 6.07) is 11.7. The Labute approximate surface area is 136 Å². The highest BCUT2D eigenvalue weighted by Crippen LogP contribution is 2.15. The van der Waals surface area contributed by atoms with Crippen molar-refractivity contribution >= 4 is 11.6 Å². The van der Waals surface area contributed by atoms with Gasteiger partial charge < -0.3 is 20.5 Å². The van der Waals surface area contributed by atoms with Gasteiger partial charge in [-0.15, -0.1) is 0 Å². The van der Waals surface area contributed by atoms with Gasteiger partial charge in [0.05, 0.1) is 13.2 Å². The van der Waals surface area contributed by atoms with Crippen LogP contribution in [0.25, 0.3) is 0 Å². The fourth-order valence-electron chi connectivity index (χ4n) is 1.98. The van der Waals surface area contributed by atoms with Crippen LogP contribution < -0.4 is 15.8 Å². The molecule has 1 aromatic carbocycles. The van der Waals surface area contributed by atoms with Crippen LogP contribution in [0.5, 0.6) is 5.88 Å². The predicted molar refractivity (Wildman–Crippen MR) is 91.7 cm³/mol. The summed E-state index contributed by atoms with van der Waals surface area (Å²) in [4.78, 5) is 8.56. The summed E-state index contributed by atoms with van der Waals surface area (Å²) in [5.74, 6) is 0.902. The van der Waals surface area contributed by atoms with Crippen LogP contribution in [0.1, 0.15) is 11.1 Å². The number of ether oxygens (including phenoxy) is 2. The number of aliphatic imine (C=N–C) groups is 1. The molecular formula is C17H22N4O2. The maximum Gasteiger partial charge on any atom is 0.218 e. The molecule has 0 radical (unpaired) electrons. The molecule has 0 fully saturated rings. The molecule has 2 rings (SSSR count). The van der Waals surface area contributed by atoms with Crippen molar-refractivity contribution in [2.24, 2.45) is 10.7 Å². The highest BCUT2D eigenvalue weighted by molar-refractivity contribution is 5.92. The number of nitrogens with one attached hydrogen (secondary N) is 1. The fourth-order valence-corrected chi connectivity index (χ4v) is 1.98. The average Bonchev–Trinajstić information content (AvgIpc) is 2.54. The number of guanidine groups is 1. The van der Waals surface area contributed by atoms with Crippen LogP contribution in [0.4, 0.5) is 5.69 Å². The topological polar surface area (TPSA) is 81.8 Å². The third-order valence-electron chi connectivity index (χ3n) is 3.09. The van der Waals surface area contributed by atoms with Gasteiger partial charge in [-0.25, -0.2) is 9.98 Å². The molecule has 0 unspecified atom stereocenters. The summed E-state index contributed by atoms with van der Waals surface area (Å²) in [6.45, 7) is 3.37. The molecule has 122 valence electrons. The molecule has 0 aliphatic rings. The molecule has 0 bridgehead atoms. The zero-order valence-electron chi connectivity index (χ0n) is 13.5. The number of nitrogens with zero attached hydrogens (tertiary/aromatic N) is 2. The first-order chi connectivity index (χ1) is 11.2. The zero-order chi connectivity index (χ0) is 16.5. The van der Waals surface area contributed by atoms with E-state index >= 15 is 0 Å². The summed E-state index contributed by atoms with van der Waals surface area (Å²) in [5, 5.41) is 3.07. The number of nitrogens with two attached hydrogens (primary N) is 1. The number of hydrogen-bond donors (Lipinski definition) is 2. The van der Waals surface area contributed by atoms with Crippen molar-refractivity contribution in [1.29, 1.82) is 0 Å². The standard InChI is InChI=1S/C17H22N4O2/c1-13-5-3-7-15(11-13)21-17(18)20-12-14-6-4-8-19-16(14)23-10-9-22-2/h3-8,11H,9-10,12H2,1-2H3,(H3,18,20,21). The Bertz CT molecular complexity index is 659. The molecule has 0 saturated carbocycles. The van der Waals surface area contributed by atoms with Gasteiger partial charge >= 0.3 is 0 Å². The van der Waals surface area contributed by atoms with Crippen LogP contribution in [0, 0.1) is 6.92 Å². The van der Waals surface area contributed by atoms with Crippen LogP contribution in [0.3, 0.4) is 0 Å². The van der Waals surface area contributed by atoms with E-state index in [-0.39, 0.29) is 0 Å². The normalized spacial score (nSPS) is 11.3. The molecule has 3 N–H and O–H groups in total. The number of aromatic nitrogens is 1. The van der Waals surface area contributed by atoms with E-state index < -0.39 is 0 Å². The Balaban J connectivity index is 1.98. The maximum absolute atomic E-state index is 5.93. The van der Waals surface area contributed by atoms with Crippen LogP contribution in [0.15, 0.2) is 47.6 Å². The second-order valence-electron chi connectivity index (χ2n) is 5.00. The van der Waals surface area contributed by atoms with Crippen molar-refractivity contribution in [1.82, 2.24) is 4.98 Å². The highest BCUT2D eigenvalue weighted by atomic mass is 16.5. The van der Waals surface area contributed by atoms with Crippen LogP contribution in [-0.4, -0.2) is 31.3 Å². The summed E-state index contributed by atoms with van der Waals surface area (Å²) in [5.41, 5.74) is 8.87. The van der Waals surface area contributed by atoms with Crippen molar-refractivity contribution in [2.75, 3.05) is 25.6 Å². The number of hydrogen-bond acceptors (Lipinski definition) is 4. The van der Waals surface area contributed by atoms with E-state index in [0.29, 0.717) is 31.6 Å². The van der Waals surface area contributed by atoms with Gasteiger partial charge in [-0.2, -0.15) is 0 Å². The van der Waals surface area contributed by atoms with E-state index in [1.54, 1.807) is 13.3 Å². The van der Waals surface area contributed by atoms with Crippen molar-refractivity contribution in [3.05, 3.63) is 53.7 Å². The summed E-state index contributed by atoms with van der Waals surface area (Å²) < 4.78 is 10.5. The lowest BCUT2D eigenvalue weighted by molar-refractivity contribution is 0.143. The fraction of sp³-hybridized carbons (Fsp3) is 0.294. The van der Waals surface area contributed by atoms with Crippen molar-refractivity contribution < 1.29 is 9.47 Å². The predicted octanol–water partition coefficient (Wildman–Crippen LogP) is 2.34. The first kappa shape index (κ1) is 16.8. The van der Waals surface area contributed by atoms with E-state index in [1.807, 2.05) is 43.3 Å². The summed E-state index contributed by atoms with van der Waals surface area (Å²) in [7, 11) is 1.63. The van der Waals surface area contributed by atoms with Crippen molar-refractivity contribution in [3.8, 4) is 5.88 Å². The van der Waals surface area contributed by atoms with Crippen molar-refractivity contribution in [2.45, 2.75) is 13.5 Å². The third kappa shape index (κ3) is 5.60. The molecular weight excluding hydrogens is 292 g/mol. The Morgan fingerprint density at radius 3 is 2.91 bits per heavy atom. The first-order valence-corrected chi connectivity index (χ1v) is 7.38. The SMILES string of the molecule is COCCOc1ncccc1CN=C(N)Nc1cccc(C)c1. The smallest absolute Gasteiger partial charge is 0.218 e. The van der Waals surface area contributed by atoms with Gasteiger partial charge in [0, 0.05) is 24.6 Å². The second-order valence-corrected chi connectivity index (χ2v) is 5.00. The molecule has 0 aliphatic carbocycles. The highest BCUT2D eigenvalue weighted by Gasteiger charge is 2.04. The Hall–Kier alpha value is -2.60. The minimum Gasteiger partial charge on any atom is -0.475 e. The molecule has 2 aromatic rings. The number of anilines is 1. The molecule has 0 saturated heterocycles. The van der Waals surface area contributed by atoms with Crippen LogP contribution >= 0.6 is 0 Å². The molecule has 1 heterocycles.